The predicted octanol–water partition coefficient (Wildman–Crippen LogP) is 1.39. The highest BCUT2D eigenvalue weighted by Crippen LogP contribution is 2.44. The molecule has 88 valence electrons. The first-order valence-corrected chi connectivity index (χ1v) is 6.05. The Hall–Kier alpha value is -0.640. The third kappa shape index (κ3) is 1.95. The quantitative estimate of drug-likeness (QED) is 0.730. The molecule has 2 saturated heterocycles. The predicted molar refractivity (Wildman–Crippen MR) is 62.0 cm³/mol. The zero-order valence-electron chi connectivity index (χ0n) is 9.69. The first-order valence-electron chi connectivity index (χ1n) is 6.05. The Kier molecular flexibility index (Phi) is 2.42. The maximum atomic E-state index is 6.25. The van der Waals surface area contributed by atoms with Crippen molar-refractivity contribution >= 4 is 0 Å². The lowest BCUT2D eigenvalue weighted by atomic mass is 9.69. The molecule has 0 aromatic heterocycles. The van der Waals surface area contributed by atoms with E-state index in [1.54, 1.807) is 0 Å². The van der Waals surface area contributed by atoms with Crippen LogP contribution >= 0.6 is 0 Å². The topological polar surface area (TPSA) is 51.1 Å². The summed E-state index contributed by atoms with van der Waals surface area (Å²) in [5.41, 5.74) is 7.74. The largest absolute Gasteiger partial charge is 0.373 e. The molecule has 3 heteroatoms. The molecule has 0 amide bonds. The summed E-state index contributed by atoms with van der Waals surface area (Å²) in [5, 5.41) is 0. The van der Waals surface area contributed by atoms with Gasteiger partial charge < -0.3 is 15.2 Å². The maximum absolute atomic E-state index is 6.25. The number of epoxide rings is 2. The minimum Gasteiger partial charge on any atom is -0.373 e. The van der Waals surface area contributed by atoms with Gasteiger partial charge in [-0.2, -0.15) is 0 Å². The summed E-state index contributed by atoms with van der Waals surface area (Å²) >= 11 is 0. The lowest BCUT2D eigenvalue weighted by molar-refractivity contribution is 0.258. The van der Waals surface area contributed by atoms with E-state index >= 15 is 0 Å². The Balaban J connectivity index is 1.78. The summed E-state index contributed by atoms with van der Waals surface area (Å²) in [4.78, 5) is 0. The lowest BCUT2D eigenvalue weighted by Gasteiger charge is -2.38. The van der Waals surface area contributed by atoms with Crippen LogP contribution in [-0.2, 0) is 9.47 Å². The SMILES string of the molecule is CC1(CC2CO2)C(CC2CO2)=CC=CC1N. The number of nitrogens with two attached hydrogens (primary N) is 1. The van der Waals surface area contributed by atoms with Crippen LogP contribution in [-0.4, -0.2) is 31.5 Å². The fourth-order valence-corrected chi connectivity index (χ4v) is 2.57. The van der Waals surface area contributed by atoms with Crippen LogP contribution in [0.2, 0.25) is 0 Å². The number of hydrogen-bond donors (Lipinski definition) is 1. The summed E-state index contributed by atoms with van der Waals surface area (Å²) in [6.45, 7) is 4.07. The molecule has 0 radical (unpaired) electrons. The maximum Gasteiger partial charge on any atom is 0.0847 e. The van der Waals surface area contributed by atoms with Crippen molar-refractivity contribution in [3.63, 3.8) is 0 Å². The molecule has 0 aromatic carbocycles. The average molecular weight is 221 g/mol. The van der Waals surface area contributed by atoms with Gasteiger partial charge in [0.1, 0.15) is 0 Å². The fraction of sp³-hybridized carbons (Fsp3) is 0.692. The van der Waals surface area contributed by atoms with Gasteiger partial charge in [0.25, 0.3) is 0 Å². The highest BCUT2D eigenvalue weighted by molar-refractivity contribution is 5.31. The van der Waals surface area contributed by atoms with E-state index in [2.05, 4.69) is 25.2 Å². The molecule has 0 saturated carbocycles. The average Bonchev–Trinajstić information content (AvgIpc) is 3.08. The van der Waals surface area contributed by atoms with Gasteiger partial charge in [-0.3, -0.25) is 0 Å². The third-order valence-corrected chi connectivity index (χ3v) is 3.99. The highest BCUT2D eigenvalue weighted by atomic mass is 16.6. The van der Waals surface area contributed by atoms with Gasteiger partial charge in [0.2, 0.25) is 0 Å². The van der Waals surface area contributed by atoms with Crippen molar-refractivity contribution in [3.8, 4) is 0 Å². The van der Waals surface area contributed by atoms with Gasteiger partial charge in [-0.15, -0.1) is 0 Å². The van der Waals surface area contributed by atoms with Crippen molar-refractivity contribution in [2.24, 2.45) is 11.1 Å². The first kappa shape index (κ1) is 10.5. The summed E-state index contributed by atoms with van der Waals surface area (Å²) in [7, 11) is 0. The second-order valence-corrected chi connectivity index (χ2v) is 5.34. The van der Waals surface area contributed by atoms with Gasteiger partial charge in [0, 0.05) is 11.5 Å². The van der Waals surface area contributed by atoms with Gasteiger partial charge in [0.05, 0.1) is 25.4 Å². The monoisotopic (exact) mass is 221 g/mol. The van der Waals surface area contributed by atoms with Crippen LogP contribution in [0.4, 0.5) is 0 Å². The molecule has 2 heterocycles. The second kappa shape index (κ2) is 3.69. The fourth-order valence-electron chi connectivity index (χ4n) is 2.57. The molecule has 2 fully saturated rings. The lowest BCUT2D eigenvalue weighted by Crippen LogP contribution is -2.42. The Morgan fingerprint density at radius 2 is 2.06 bits per heavy atom. The molecule has 1 aliphatic carbocycles. The van der Waals surface area contributed by atoms with E-state index in [0.29, 0.717) is 12.2 Å². The van der Waals surface area contributed by atoms with Gasteiger partial charge in [-0.25, -0.2) is 0 Å². The second-order valence-electron chi connectivity index (χ2n) is 5.34. The van der Waals surface area contributed by atoms with Gasteiger partial charge in [-0.1, -0.05) is 30.7 Å². The summed E-state index contributed by atoms with van der Waals surface area (Å²) < 4.78 is 10.7. The van der Waals surface area contributed by atoms with E-state index in [0.717, 1.165) is 26.1 Å². The molecule has 4 unspecified atom stereocenters. The normalized spacial score (nSPS) is 45.4. The van der Waals surface area contributed by atoms with Crippen molar-refractivity contribution in [2.45, 2.75) is 38.0 Å². The summed E-state index contributed by atoms with van der Waals surface area (Å²) in [5.74, 6) is 0. The van der Waals surface area contributed by atoms with Gasteiger partial charge >= 0.3 is 0 Å². The van der Waals surface area contributed by atoms with Crippen LogP contribution in [0, 0.1) is 5.41 Å². The molecular formula is C13H19NO2. The van der Waals surface area contributed by atoms with Crippen molar-refractivity contribution in [1.82, 2.24) is 0 Å². The molecule has 3 rings (SSSR count). The van der Waals surface area contributed by atoms with Crippen molar-refractivity contribution in [2.75, 3.05) is 13.2 Å². The van der Waals surface area contributed by atoms with Gasteiger partial charge in [0.15, 0.2) is 0 Å². The Bertz CT molecular complexity index is 342. The Morgan fingerprint density at radius 3 is 2.69 bits per heavy atom. The molecule has 16 heavy (non-hydrogen) atoms. The molecule has 0 spiro atoms. The van der Waals surface area contributed by atoms with Crippen LogP contribution in [0.5, 0.6) is 0 Å². The van der Waals surface area contributed by atoms with E-state index in [1.165, 1.54) is 5.57 Å². The molecule has 3 aliphatic rings. The minimum absolute atomic E-state index is 0.0574. The Labute approximate surface area is 96.3 Å². The van der Waals surface area contributed by atoms with E-state index in [1.807, 2.05) is 0 Å². The molecule has 2 aliphatic heterocycles. The van der Waals surface area contributed by atoms with Crippen LogP contribution in [0.15, 0.2) is 23.8 Å². The van der Waals surface area contributed by atoms with Crippen LogP contribution in [0.25, 0.3) is 0 Å². The number of ether oxygens (including phenoxy) is 2. The van der Waals surface area contributed by atoms with Crippen LogP contribution in [0.1, 0.15) is 19.8 Å². The highest BCUT2D eigenvalue weighted by Gasteiger charge is 2.43. The van der Waals surface area contributed by atoms with E-state index in [4.69, 9.17) is 15.2 Å². The summed E-state index contributed by atoms with van der Waals surface area (Å²) in [6.07, 6.45) is 9.32. The third-order valence-electron chi connectivity index (χ3n) is 3.99. The van der Waals surface area contributed by atoms with Crippen LogP contribution < -0.4 is 5.73 Å². The number of rotatable bonds is 4. The van der Waals surface area contributed by atoms with E-state index in [-0.39, 0.29) is 11.5 Å². The standard InChI is InChI=1S/C13H19NO2/c1-13(6-11-8-16-11)9(5-10-7-15-10)3-2-4-12(13)14/h2-4,10-12H,5-8,14H2,1H3. The smallest absolute Gasteiger partial charge is 0.0847 e. The molecular weight excluding hydrogens is 202 g/mol. The van der Waals surface area contributed by atoms with E-state index < -0.39 is 0 Å². The van der Waals surface area contributed by atoms with Crippen LogP contribution in [0.3, 0.4) is 0 Å². The van der Waals surface area contributed by atoms with Crippen molar-refractivity contribution in [1.29, 1.82) is 0 Å². The number of allylic oxidation sites excluding steroid dienone is 2. The van der Waals surface area contributed by atoms with Gasteiger partial charge in [-0.05, 0) is 12.8 Å². The molecule has 2 N–H and O–H groups in total. The zero-order chi connectivity index (χ0) is 11.2. The molecule has 3 nitrogen and oxygen atoms in total. The Morgan fingerprint density at radius 1 is 1.38 bits per heavy atom. The molecule has 0 aromatic rings. The van der Waals surface area contributed by atoms with Crippen molar-refractivity contribution < 1.29 is 9.47 Å². The minimum atomic E-state index is 0.0574. The van der Waals surface area contributed by atoms with E-state index in [9.17, 15) is 0 Å². The molecule has 0 bridgehead atoms. The first-order chi connectivity index (χ1) is 7.68. The van der Waals surface area contributed by atoms with Crippen molar-refractivity contribution in [3.05, 3.63) is 23.8 Å². The summed E-state index contributed by atoms with van der Waals surface area (Å²) in [6, 6.07) is 0.107. The number of hydrogen-bond acceptors (Lipinski definition) is 3. The zero-order valence-corrected chi connectivity index (χ0v) is 9.69. The molecule has 4 atom stereocenters.